The number of nitriles is 1. The van der Waals surface area contributed by atoms with Crippen LogP contribution in [-0.2, 0) is 0 Å². The van der Waals surface area contributed by atoms with Gasteiger partial charge in [-0.1, -0.05) is 36.4 Å². The van der Waals surface area contributed by atoms with E-state index in [0.29, 0.717) is 11.4 Å². The summed E-state index contributed by atoms with van der Waals surface area (Å²) in [4.78, 5) is 11.5. The van der Waals surface area contributed by atoms with Crippen molar-refractivity contribution in [2.75, 3.05) is 5.88 Å². The van der Waals surface area contributed by atoms with Crippen LogP contribution in [0.5, 0.6) is 0 Å². The van der Waals surface area contributed by atoms with E-state index in [-0.39, 0.29) is 12.2 Å². The van der Waals surface area contributed by atoms with Gasteiger partial charge >= 0.3 is 0 Å². The summed E-state index contributed by atoms with van der Waals surface area (Å²) in [6.45, 7) is 0. The lowest BCUT2D eigenvalue weighted by Gasteiger charge is -2.01. The lowest BCUT2D eigenvalue weighted by molar-refractivity contribution is 0.0997. The summed E-state index contributed by atoms with van der Waals surface area (Å²) in [5.41, 5.74) is 1.37. The third-order valence-electron chi connectivity index (χ3n) is 1.89. The molecule has 0 atom stereocenters. The molecule has 2 nitrogen and oxygen atoms in total. The maximum atomic E-state index is 11.5. The molecule has 0 saturated heterocycles. The summed E-state index contributed by atoms with van der Waals surface area (Å²) in [6.07, 6.45) is 3.46. The van der Waals surface area contributed by atoms with E-state index in [9.17, 15) is 4.79 Å². The lowest BCUT2D eigenvalue weighted by Crippen LogP contribution is -1.99. The molecule has 76 valence electrons. The van der Waals surface area contributed by atoms with Gasteiger partial charge in [0, 0.05) is 11.4 Å². The molecule has 0 aliphatic carbocycles. The smallest absolute Gasteiger partial charge is 0.177 e. The number of nitrogens with zero attached hydrogens (tertiary/aromatic N) is 1. The monoisotopic (exact) mass is 219 g/mol. The van der Waals surface area contributed by atoms with E-state index in [1.807, 2.05) is 18.2 Å². The Balaban J connectivity index is 3.01. The SMILES string of the molecule is N#CCC(=O)c1ccccc1C=CCCl. The average molecular weight is 220 g/mol. The number of hydrogen-bond acceptors (Lipinski definition) is 2. The molecule has 0 radical (unpaired) electrons. The van der Waals surface area contributed by atoms with Crippen molar-refractivity contribution < 1.29 is 4.79 Å². The van der Waals surface area contributed by atoms with E-state index in [1.54, 1.807) is 24.3 Å². The van der Waals surface area contributed by atoms with Crippen molar-refractivity contribution in [3.05, 3.63) is 41.5 Å². The van der Waals surface area contributed by atoms with Gasteiger partial charge in [0.25, 0.3) is 0 Å². The van der Waals surface area contributed by atoms with Crippen LogP contribution in [0.3, 0.4) is 0 Å². The fraction of sp³-hybridized carbons (Fsp3) is 0.167. The minimum atomic E-state index is -0.160. The van der Waals surface area contributed by atoms with Crippen LogP contribution in [0.15, 0.2) is 30.3 Å². The van der Waals surface area contributed by atoms with Gasteiger partial charge in [-0.3, -0.25) is 4.79 Å². The number of halogens is 1. The Morgan fingerprint density at radius 1 is 1.47 bits per heavy atom. The molecule has 1 aromatic rings. The van der Waals surface area contributed by atoms with Gasteiger partial charge < -0.3 is 0 Å². The first-order chi connectivity index (χ1) is 7.29. The van der Waals surface area contributed by atoms with Gasteiger partial charge in [0.15, 0.2) is 5.78 Å². The first-order valence-corrected chi connectivity index (χ1v) is 5.04. The molecule has 1 rings (SSSR count). The van der Waals surface area contributed by atoms with E-state index >= 15 is 0 Å². The Morgan fingerprint density at radius 3 is 2.87 bits per heavy atom. The predicted octanol–water partition coefficient (Wildman–Crippen LogP) is 3.03. The molecule has 1 aromatic carbocycles. The minimum absolute atomic E-state index is 0.0915. The van der Waals surface area contributed by atoms with Crippen molar-refractivity contribution in [1.29, 1.82) is 5.26 Å². The van der Waals surface area contributed by atoms with E-state index < -0.39 is 0 Å². The summed E-state index contributed by atoms with van der Waals surface area (Å²) < 4.78 is 0. The van der Waals surface area contributed by atoms with Gasteiger partial charge in [-0.2, -0.15) is 5.26 Å². The lowest BCUT2D eigenvalue weighted by atomic mass is 10.0. The maximum Gasteiger partial charge on any atom is 0.177 e. The number of benzene rings is 1. The topological polar surface area (TPSA) is 40.9 Å². The van der Waals surface area contributed by atoms with E-state index in [0.717, 1.165) is 5.56 Å². The molecule has 0 aliphatic rings. The highest BCUT2D eigenvalue weighted by molar-refractivity contribution is 6.19. The maximum absolute atomic E-state index is 11.5. The fourth-order valence-corrected chi connectivity index (χ4v) is 1.32. The molecule has 0 bridgehead atoms. The average Bonchev–Trinajstić information content (AvgIpc) is 2.27. The van der Waals surface area contributed by atoms with E-state index in [2.05, 4.69) is 0 Å². The van der Waals surface area contributed by atoms with E-state index in [1.165, 1.54) is 0 Å². The van der Waals surface area contributed by atoms with Crippen LogP contribution in [0.25, 0.3) is 6.08 Å². The van der Waals surface area contributed by atoms with Crippen LogP contribution >= 0.6 is 11.6 Å². The van der Waals surface area contributed by atoms with Crippen LogP contribution in [0, 0.1) is 11.3 Å². The number of ketones is 1. The van der Waals surface area contributed by atoms with Gasteiger partial charge in [-0.15, -0.1) is 11.6 Å². The Bertz CT molecular complexity index is 418. The second-order valence-electron chi connectivity index (χ2n) is 2.90. The number of alkyl halides is 1. The predicted molar refractivity (Wildman–Crippen MR) is 60.8 cm³/mol. The summed E-state index contributed by atoms with van der Waals surface area (Å²) in [7, 11) is 0. The summed E-state index contributed by atoms with van der Waals surface area (Å²) >= 11 is 5.52. The molecule has 0 aromatic heterocycles. The fourth-order valence-electron chi connectivity index (χ4n) is 1.23. The van der Waals surface area contributed by atoms with Crippen molar-refractivity contribution in [2.45, 2.75) is 6.42 Å². The van der Waals surface area contributed by atoms with Crippen molar-refractivity contribution in [3.8, 4) is 6.07 Å². The van der Waals surface area contributed by atoms with Crippen molar-refractivity contribution in [1.82, 2.24) is 0 Å². The Kier molecular flexibility index (Phi) is 4.59. The molecular formula is C12H10ClNO. The molecule has 3 heteroatoms. The van der Waals surface area contributed by atoms with Crippen molar-refractivity contribution >= 4 is 23.5 Å². The Morgan fingerprint density at radius 2 is 2.20 bits per heavy atom. The third-order valence-corrected chi connectivity index (χ3v) is 2.07. The number of allylic oxidation sites excluding steroid dienone is 1. The van der Waals surface area contributed by atoms with Crippen LogP contribution in [-0.4, -0.2) is 11.7 Å². The van der Waals surface area contributed by atoms with Crippen LogP contribution in [0.1, 0.15) is 22.3 Å². The Hall–Kier alpha value is -1.59. The number of rotatable bonds is 4. The number of hydrogen-bond donors (Lipinski definition) is 0. The first kappa shape index (κ1) is 11.5. The number of carbonyl (C=O) groups is 1. The molecule has 0 spiro atoms. The minimum Gasteiger partial charge on any atom is -0.293 e. The summed E-state index contributed by atoms with van der Waals surface area (Å²) in [5, 5.41) is 8.45. The number of Topliss-reactive ketones (excluding diaryl/α,β-unsaturated/α-hetero) is 1. The normalized spacial score (nSPS) is 10.1. The largest absolute Gasteiger partial charge is 0.293 e. The van der Waals surface area contributed by atoms with Gasteiger partial charge in [-0.05, 0) is 5.56 Å². The third kappa shape index (κ3) is 3.23. The summed E-state index contributed by atoms with van der Waals surface area (Å²) in [6, 6.07) is 9.02. The molecular weight excluding hydrogens is 210 g/mol. The van der Waals surface area contributed by atoms with Gasteiger partial charge in [0.05, 0.1) is 12.5 Å². The van der Waals surface area contributed by atoms with Crippen LogP contribution < -0.4 is 0 Å². The molecule has 15 heavy (non-hydrogen) atoms. The molecule has 0 fully saturated rings. The standard InChI is InChI=1S/C12H10ClNO/c13-8-3-5-10-4-1-2-6-11(10)12(15)7-9-14/h1-6H,7-8H2. The zero-order chi connectivity index (χ0) is 11.1. The second-order valence-corrected chi connectivity index (χ2v) is 3.21. The zero-order valence-corrected chi connectivity index (χ0v) is 8.87. The highest BCUT2D eigenvalue weighted by Crippen LogP contribution is 2.12. The molecule has 0 heterocycles. The van der Waals surface area contributed by atoms with Gasteiger partial charge in [-0.25, -0.2) is 0 Å². The van der Waals surface area contributed by atoms with Gasteiger partial charge in [0.1, 0.15) is 0 Å². The van der Waals surface area contributed by atoms with Crippen LogP contribution in [0.4, 0.5) is 0 Å². The summed E-state index contributed by atoms with van der Waals surface area (Å²) in [5.74, 6) is 0.244. The number of carbonyl (C=O) groups excluding carboxylic acids is 1. The zero-order valence-electron chi connectivity index (χ0n) is 8.11. The second kappa shape index (κ2) is 6.00. The van der Waals surface area contributed by atoms with Crippen molar-refractivity contribution in [3.63, 3.8) is 0 Å². The molecule has 0 amide bonds. The van der Waals surface area contributed by atoms with Gasteiger partial charge in [0.2, 0.25) is 0 Å². The first-order valence-electron chi connectivity index (χ1n) is 4.51. The highest BCUT2D eigenvalue weighted by atomic mass is 35.5. The van der Waals surface area contributed by atoms with Crippen LogP contribution in [0.2, 0.25) is 0 Å². The quantitative estimate of drug-likeness (QED) is 0.577. The van der Waals surface area contributed by atoms with E-state index in [4.69, 9.17) is 16.9 Å². The highest BCUT2D eigenvalue weighted by Gasteiger charge is 2.07. The molecule has 0 aliphatic heterocycles. The molecule has 0 N–H and O–H groups in total. The molecule has 0 saturated carbocycles. The molecule has 0 unspecified atom stereocenters. The Labute approximate surface area is 93.8 Å². The van der Waals surface area contributed by atoms with Crippen molar-refractivity contribution in [2.24, 2.45) is 0 Å².